The number of aromatic nitrogens is 2. The van der Waals surface area contributed by atoms with Crippen molar-refractivity contribution in [2.75, 3.05) is 6.26 Å². The number of fused-ring (bicyclic) bond motifs is 1. The maximum atomic E-state index is 14.3. The van der Waals surface area contributed by atoms with Crippen LogP contribution in [-0.2, 0) is 9.84 Å². The van der Waals surface area contributed by atoms with Gasteiger partial charge in [0, 0.05) is 6.26 Å². The van der Waals surface area contributed by atoms with E-state index in [1.807, 2.05) is 0 Å². The van der Waals surface area contributed by atoms with Crippen LogP contribution in [-0.4, -0.2) is 24.2 Å². The predicted molar refractivity (Wildman–Crippen MR) is 93.0 cm³/mol. The lowest BCUT2D eigenvalue weighted by Crippen LogP contribution is -2.29. The lowest BCUT2D eigenvalue weighted by atomic mass is 10.2. The summed E-state index contributed by atoms with van der Waals surface area (Å²) in [4.78, 5) is 17.3. The molecule has 0 fully saturated rings. The molecule has 1 atom stereocenters. The molecule has 0 radical (unpaired) electrons. The third kappa shape index (κ3) is 2.94. The van der Waals surface area contributed by atoms with Crippen LogP contribution in [0.5, 0.6) is 0 Å². The highest BCUT2D eigenvalue weighted by Gasteiger charge is 2.22. The Balaban J connectivity index is 2.56. The maximum absolute atomic E-state index is 14.3. The van der Waals surface area contributed by atoms with Crippen molar-refractivity contribution in [1.82, 2.24) is 9.55 Å². The summed E-state index contributed by atoms with van der Waals surface area (Å²) in [6.45, 7) is 1.62. The van der Waals surface area contributed by atoms with Crippen LogP contribution in [0, 0.1) is 5.82 Å². The molecule has 1 unspecified atom stereocenters. The SMILES string of the molecule is CC(N)c1nc2cccc(S(C)(=O)=O)c2c(=O)n1-c1ccccc1F. The number of para-hydroxylation sites is 1. The van der Waals surface area contributed by atoms with Crippen molar-refractivity contribution >= 4 is 20.7 Å². The summed E-state index contributed by atoms with van der Waals surface area (Å²) in [5.74, 6) is -0.488. The molecule has 2 N–H and O–H groups in total. The molecule has 0 aliphatic carbocycles. The summed E-state index contributed by atoms with van der Waals surface area (Å²) in [6, 6.07) is 9.39. The van der Waals surface area contributed by atoms with E-state index in [0.717, 1.165) is 10.8 Å². The molecular formula is C17H16FN3O3S. The second-order valence-electron chi connectivity index (χ2n) is 5.77. The van der Waals surface area contributed by atoms with Crippen LogP contribution in [0.4, 0.5) is 4.39 Å². The Kier molecular flexibility index (Phi) is 4.18. The molecule has 3 rings (SSSR count). The van der Waals surface area contributed by atoms with Crippen molar-refractivity contribution in [3.05, 3.63) is 64.5 Å². The number of hydrogen-bond donors (Lipinski definition) is 1. The zero-order valence-electron chi connectivity index (χ0n) is 13.6. The maximum Gasteiger partial charge on any atom is 0.267 e. The fraction of sp³-hybridized carbons (Fsp3) is 0.176. The third-order valence-electron chi connectivity index (χ3n) is 3.79. The molecule has 0 bridgehead atoms. The Bertz CT molecular complexity index is 1140. The molecule has 130 valence electrons. The minimum atomic E-state index is -3.67. The van der Waals surface area contributed by atoms with Crippen molar-refractivity contribution in [3.63, 3.8) is 0 Å². The summed E-state index contributed by atoms with van der Waals surface area (Å²) >= 11 is 0. The molecule has 1 aromatic heterocycles. The van der Waals surface area contributed by atoms with Gasteiger partial charge in [-0.15, -0.1) is 0 Å². The van der Waals surface area contributed by atoms with E-state index in [2.05, 4.69) is 4.98 Å². The van der Waals surface area contributed by atoms with Crippen LogP contribution in [0.25, 0.3) is 16.6 Å². The Morgan fingerprint density at radius 2 is 1.84 bits per heavy atom. The summed E-state index contributed by atoms with van der Waals surface area (Å²) in [5, 5.41) is -0.0855. The van der Waals surface area contributed by atoms with Crippen LogP contribution in [0.15, 0.2) is 52.2 Å². The molecule has 0 amide bonds. The summed E-state index contributed by atoms with van der Waals surface area (Å²) in [7, 11) is -3.67. The normalized spacial score (nSPS) is 13.1. The molecule has 1 heterocycles. The van der Waals surface area contributed by atoms with E-state index in [-0.39, 0.29) is 27.3 Å². The van der Waals surface area contributed by atoms with Crippen LogP contribution < -0.4 is 11.3 Å². The largest absolute Gasteiger partial charge is 0.322 e. The van der Waals surface area contributed by atoms with Crippen molar-refractivity contribution in [3.8, 4) is 5.69 Å². The lowest BCUT2D eigenvalue weighted by molar-refractivity contribution is 0.601. The van der Waals surface area contributed by atoms with E-state index in [4.69, 9.17) is 5.73 Å². The summed E-state index contributed by atoms with van der Waals surface area (Å²) < 4.78 is 39.4. The summed E-state index contributed by atoms with van der Waals surface area (Å²) in [6.07, 6.45) is 1.01. The Morgan fingerprint density at radius 3 is 2.44 bits per heavy atom. The van der Waals surface area contributed by atoms with E-state index in [1.165, 1.54) is 36.4 Å². The zero-order valence-corrected chi connectivity index (χ0v) is 14.4. The first-order chi connectivity index (χ1) is 11.7. The fourth-order valence-electron chi connectivity index (χ4n) is 2.70. The Labute approximate surface area is 143 Å². The van der Waals surface area contributed by atoms with E-state index in [9.17, 15) is 17.6 Å². The van der Waals surface area contributed by atoms with Gasteiger partial charge in [0.25, 0.3) is 5.56 Å². The average Bonchev–Trinajstić information content (AvgIpc) is 2.54. The van der Waals surface area contributed by atoms with E-state index >= 15 is 0 Å². The van der Waals surface area contributed by atoms with Crippen molar-refractivity contribution in [2.45, 2.75) is 17.9 Å². The fourth-order valence-corrected chi connectivity index (χ4v) is 3.59. The quantitative estimate of drug-likeness (QED) is 0.769. The first-order valence-corrected chi connectivity index (χ1v) is 9.37. The van der Waals surface area contributed by atoms with Crippen molar-refractivity contribution in [2.24, 2.45) is 5.73 Å². The molecule has 0 aliphatic rings. The number of benzene rings is 2. The molecule has 3 aromatic rings. The van der Waals surface area contributed by atoms with Gasteiger partial charge in [-0.2, -0.15) is 0 Å². The number of rotatable bonds is 3. The van der Waals surface area contributed by atoms with E-state index < -0.39 is 27.3 Å². The highest BCUT2D eigenvalue weighted by molar-refractivity contribution is 7.91. The van der Waals surface area contributed by atoms with Gasteiger partial charge in [0.15, 0.2) is 9.84 Å². The van der Waals surface area contributed by atoms with Gasteiger partial charge in [-0.1, -0.05) is 18.2 Å². The van der Waals surface area contributed by atoms with Gasteiger partial charge in [-0.25, -0.2) is 17.8 Å². The van der Waals surface area contributed by atoms with Gasteiger partial charge in [0.05, 0.1) is 27.5 Å². The second kappa shape index (κ2) is 6.05. The molecule has 6 nitrogen and oxygen atoms in total. The van der Waals surface area contributed by atoms with E-state index in [1.54, 1.807) is 13.0 Å². The van der Waals surface area contributed by atoms with E-state index in [0.29, 0.717) is 0 Å². The first kappa shape index (κ1) is 17.2. The molecule has 8 heteroatoms. The highest BCUT2D eigenvalue weighted by Crippen LogP contribution is 2.23. The zero-order chi connectivity index (χ0) is 18.4. The van der Waals surface area contributed by atoms with Gasteiger partial charge in [-0.05, 0) is 31.2 Å². The molecule has 2 aromatic carbocycles. The van der Waals surface area contributed by atoms with Crippen LogP contribution in [0.1, 0.15) is 18.8 Å². The van der Waals surface area contributed by atoms with Crippen molar-refractivity contribution in [1.29, 1.82) is 0 Å². The lowest BCUT2D eigenvalue weighted by Gasteiger charge is -2.17. The minimum absolute atomic E-state index is 0.0301. The Morgan fingerprint density at radius 1 is 1.16 bits per heavy atom. The van der Waals surface area contributed by atoms with Crippen LogP contribution in [0.3, 0.4) is 0 Å². The first-order valence-electron chi connectivity index (χ1n) is 7.48. The standard InChI is InChI=1S/C17H16FN3O3S/c1-10(19)16-20-12-7-5-9-14(25(2,23)24)15(12)17(22)21(16)13-8-4-3-6-11(13)18/h3-10H,19H2,1-2H3. The predicted octanol–water partition coefficient (Wildman–Crippen LogP) is 1.95. The molecule has 0 saturated heterocycles. The average molecular weight is 361 g/mol. The summed E-state index contributed by atoms with van der Waals surface area (Å²) in [5.41, 5.74) is 5.42. The Hall–Kier alpha value is -2.58. The molecule has 0 spiro atoms. The smallest absolute Gasteiger partial charge is 0.267 e. The topological polar surface area (TPSA) is 95.1 Å². The van der Waals surface area contributed by atoms with Crippen LogP contribution in [0.2, 0.25) is 0 Å². The molecule has 0 aliphatic heterocycles. The molecule has 25 heavy (non-hydrogen) atoms. The number of hydrogen-bond acceptors (Lipinski definition) is 5. The molecule has 0 saturated carbocycles. The van der Waals surface area contributed by atoms with Gasteiger partial charge >= 0.3 is 0 Å². The van der Waals surface area contributed by atoms with Crippen LogP contribution >= 0.6 is 0 Å². The minimum Gasteiger partial charge on any atom is -0.322 e. The number of nitrogens with two attached hydrogens (primary N) is 1. The third-order valence-corrected chi connectivity index (χ3v) is 4.92. The molecular weight excluding hydrogens is 345 g/mol. The number of sulfone groups is 1. The second-order valence-corrected chi connectivity index (χ2v) is 7.76. The van der Waals surface area contributed by atoms with Gasteiger partial charge in [0.2, 0.25) is 0 Å². The number of nitrogens with zero attached hydrogens (tertiary/aromatic N) is 2. The highest BCUT2D eigenvalue weighted by atomic mass is 32.2. The van der Waals surface area contributed by atoms with Crippen molar-refractivity contribution < 1.29 is 12.8 Å². The van der Waals surface area contributed by atoms with Gasteiger partial charge in [-0.3, -0.25) is 9.36 Å². The number of halogens is 1. The van der Waals surface area contributed by atoms with Gasteiger partial charge < -0.3 is 5.73 Å². The monoisotopic (exact) mass is 361 g/mol. The van der Waals surface area contributed by atoms with Gasteiger partial charge in [0.1, 0.15) is 11.6 Å².